The van der Waals surface area contributed by atoms with Gasteiger partial charge in [-0.25, -0.2) is 0 Å². The van der Waals surface area contributed by atoms with Crippen LogP contribution in [0.2, 0.25) is 0 Å². The summed E-state index contributed by atoms with van der Waals surface area (Å²) in [4.78, 5) is 3.94. The lowest BCUT2D eigenvalue weighted by atomic mass is 9.79. The minimum atomic E-state index is -0.257. The first-order valence-corrected chi connectivity index (χ1v) is 22.6. The zero-order valence-electron chi connectivity index (χ0n) is 35.1. The minimum Gasteiger partial charge on any atom is -0.312 e. The molecule has 0 spiro atoms. The molecule has 1 heterocycles. The van der Waals surface area contributed by atoms with Crippen LogP contribution in [0.5, 0.6) is 0 Å². The van der Waals surface area contributed by atoms with Gasteiger partial charge in [0.2, 0.25) is 0 Å². The number of thioether (sulfide) groups is 1. The number of benzene rings is 9. The van der Waals surface area contributed by atoms with Crippen molar-refractivity contribution >= 4 is 44.7 Å². The average Bonchev–Trinajstić information content (AvgIpc) is 3.76. The van der Waals surface area contributed by atoms with Gasteiger partial charge in [-0.05, 0) is 121 Å². The van der Waals surface area contributed by atoms with Crippen LogP contribution in [0.4, 0.5) is 11.4 Å². The second-order valence-corrected chi connectivity index (χ2v) is 19.2. The Morgan fingerprint density at radius 1 is 0.484 bits per heavy atom. The number of anilines is 2. The number of allylic oxidation sites excluding steroid dienone is 3. The smallest absolute Gasteiger partial charge is 0.0686 e. The Labute approximate surface area is 368 Å². The summed E-state index contributed by atoms with van der Waals surface area (Å²) in [5.41, 5.74) is 17.7. The molecule has 296 valence electrons. The molecule has 0 saturated carbocycles. The van der Waals surface area contributed by atoms with E-state index in [2.05, 4.69) is 238 Å². The molecule has 62 heavy (non-hydrogen) atoms. The van der Waals surface area contributed by atoms with E-state index < -0.39 is 0 Å². The Bertz CT molecular complexity index is 3320. The molecule has 0 N–H and O–H groups in total. The van der Waals surface area contributed by atoms with Crippen LogP contribution in [-0.4, -0.2) is 4.75 Å². The average molecular weight is 812 g/mol. The van der Waals surface area contributed by atoms with Crippen LogP contribution in [0.1, 0.15) is 43.4 Å². The lowest BCUT2D eigenvalue weighted by Gasteiger charge is -2.42. The van der Waals surface area contributed by atoms with E-state index in [1.54, 1.807) is 0 Å². The molecule has 2 aliphatic carbocycles. The molecule has 1 aliphatic heterocycles. The molecular formula is C60H45NS. The fourth-order valence-electron chi connectivity index (χ4n) is 11.0. The Hall–Kier alpha value is -6.87. The summed E-state index contributed by atoms with van der Waals surface area (Å²) in [7, 11) is 0. The number of hydrogen-bond donors (Lipinski definition) is 0. The van der Waals surface area contributed by atoms with Crippen LogP contribution in [0, 0.1) is 0 Å². The summed E-state index contributed by atoms with van der Waals surface area (Å²) >= 11 is 2.00. The highest BCUT2D eigenvalue weighted by molar-refractivity contribution is 8.01. The van der Waals surface area contributed by atoms with Gasteiger partial charge in [0.1, 0.15) is 0 Å². The molecule has 3 aliphatic rings. The third-order valence-corrected chi connectivity index (χ3v) is 15.4. The summed E-state index contributed by atoms with van der Waals surface area (Å²) in [6, 6.07) is 72.4. The molecule has 12 rings (SSSR count). The van der Waals surface area contributed by atoms with Crippen LogP contribution in [0.15, 0.2) is 223 Å². The Kier molecular flexibility index (Phi) is 8.40. The monoisotopic (exact) mass is 811 g/mol. The quantitative estimate of drug-likeness (QED) is 0.154. The van der Waals surface area contributed by atoms with Crippen molar-refractivity contribution in [3.63, 3.8) is 0 Å². The molecule has 9 aromatic carbocycles. The van der Waals surface area contributed by atoms with Crippen LogP contribution >= 0.6 is 11.8 Å². The standard InChI is InChI=1S/C60H45NS/c1-59(2)53-27-13-11-23-49(53)50-26-15-25-46(58(50)59)40-31-34-43(35-32-40)61(57-30-16-28-54-51-24-12-14-29-56(51)62-60(54,57)3)55-38-42(33-36-45(55)39-17-5-4-6-18-39)52-37-41-19-7-8-20-44(41)47-21-9-10-22-48(47)52/h4-38,54H,1-3H3. The number of hydrogen-bond acceptors (Lipinski definition) is 2. The van der Waals surface area contributed by atoms with Gasteiger partial charge in [0.25, 0.3) is 0 Å². The highest BCUT2D eigenvalue weighted by atomic mass is 32.2. The first kappa shape index (κ1) is 36.9. The van der Waals surface area contributed by atoms with Crippen LogP contribution in [0.3, 0.4) is 0 Å². The van der Waals surface area contributed by atoms with Gasteiger partial charge in [0.15, 0.2) is 0 Å². The van der Waals surface area contributed by atoms with Gasteiger partial charge in [-0.1, -0.05) is 190 Å². The topological polar surface area (TPSA) is 3.24 Å². The second kappa shape index (κ2) is 14.1. The molecule has 2 unspecified atom stereocenters. The normalized spacial score (nSPS) is 17.9. The molecule has 9 aromatic rings. The van der Waals surface area contributed by atoms with E-state index in [0.717, 1.165) is 11.4 Å². The minimum absolute atomic E-state index is 0.108. The fourth-order valence-corrected chi connectivity index (χ4v) is 12.5. The largest absolute Gasteiger partial charge is 0.312 e. The Morgan fingerprint density at radius 2 is 1.15 bits per heavy atom. The Balaban J connectivity index is 1.08. The van der Waals surface area contributed by atoms with E-state index in [1.807, 2.05) is 11.8 Å². The van der Waals surface area contributed by atoms with E-state index in [9.17, 15) is 0 Å². The van der Waals surface area contributed by atoms with Gasteiger partial charge in [-0.2, -0.15) is 0 Å². The zero-order valence-corrected chi connectivity index (χ0v) is 36.0. The third kappa shape index (κ3) is 5.56. The molecule has 0 amide bonds. The maximum absolute atomic E-state index is 2.59. The van der Waals surface area contributed by atoms with Gasteiger partial charge in [-0.15, -0.1) is 11.8 Å². The number of nitrogens with zero attached hydrogens (tertiary/aromatic N) is 1. The van der Waals surface area contributed by atoms with E-state index >= 15 is 0 Å². The molecular weight excluding hydrogens is 767 g/mol. The predicted molar refractivity (Wildman–Crippen MR) is 265 cm³/mol. The summed E-state index contributed by atoms with van der Waals surface area (Å²) in [6.07, 6.45) is 7.08. The lowest BCUT2D eigenvalue weighted by molar-refractivity contribution is 0.652. The van der Waals surface area contributed by atoms with Crippen molar-refractivity contribution in [3.05, 3.63) is 235 Å². The van der Waals surface area contributed by atoms with Crippen molar-refractivity contribution in [2.24, 2.45) is 0 Å². The van der Waals surface area contributed by atoms with Gasteiger partial charge < -0.3 is 4.90 Å². The molecule has 0 saturated heterocycles. The van der Waals surface area contributed by atoms with Crippen molar-refractivity contribution in [1.82, 2.24) is 0 Å². The highest BCUT2D eigenvalue weighted by Crippen LogP contribution is 2.61. The molecule has 0 aromatic heterocycles. The maximum Gasteiger partial charge on any atom is 0.0686 e. The molecule has 0 bridgehead atoms. The highest BCUT2D eigenvalue weighted by Gasteiger charge is 2.48. The summed E-state index contributed by atoms with van der Waals surface area (Å²) < 4.78 is -0.257. The molecule has 2 atom stereocenters. The summed E-state index contributed by atoms with van der Waals surface area (Å²) in [5.74, 6) is 0.231. The Morgan fingerprint density at radius 3 is 2.00 bits per heavy atom. The predicted octanol–water partition coefficient (Wildman–Crippen LogP) is 16.5. The van der Waals surface area contributed by atoms with Crippen molar-refractivity contribution in [1.29, 1.82) is 0 Å². The summed E-state index contributed by atoms with van der Waals surface area (Å²) in [5, 5.41) is 5.06. The van der Waals surface area contributed by atoms with Gasteiger partial charge in [-0.3, -0.25) is 0 Å². The van der Waals surface area contributed by atoms with Crippen LogP contribution < -0.4 is 4.90 Å². The summed E-state index contributed by atoms with van der Waals surface area (Å²) in [6.45, 7) is 7.21. The first-order valence-electron chi connectivity index (χ1n) is 21.8. The fraction of sp³-hybridized carbons (Fsp3) is 0.100. The lowest BCUT2D eigenvalue weighted by Crippen LogP contribution is -2.37. The van der Waals surface area contributed by atoms with Gasteiger partial charge >= 0.3 is 0 Å². The second-order valence-electron chi connectivity index (χ2n) is 17.7. The zero-order chi connectivity index (χ0) is 41.6. The number of fused-ring (bicyclic) bond motifs is 9. The van der Waals surface area contributed by atoms with E-state index in [1.165, 1.54) is 93.3 Å². The van der Waals surface area contributed by atoms with E-state index in [0.29, 0.717) is 0 Å². The first-order chi connectivity index (χ1) is 30.4. The third-order valence-electron chi connectivity index (χ3n) is 13.9. The van der Waals surface area contributed by atoms with Gasteiger partial charge in [0, 0.05) is 33.2 Å². The maximum atomic E-state index is 2.59. The van der Waals surface area contributed by atoms with Crippen molar-refractivity contribution in [3.8, 4) is 44.5 Å². The SMILES string of the molecule is CC1(C)c2ccccc2-c2cccc(-c3ccc(N(C4=CC=CC5c6ccccc6SC45C)c4cc(-c5cc6ccccc6c6ccccc56)ccc4-c4ccccc4)cc3)c21. The van der Waals surface area contributed by atoms with Crippen LogP contribution in [-0.2, 0) is 5.41 Å². The van der Waals surface area contributed by atoms with Gasteiger partial charge in [0.05, 0.1) is 10.4 Å². The molecule has 0 fully saturated rings. The van der Waals surface area contributed by atoms with Crippen LogP contribution in [0.25, 0.3) is 66.1 Å². The van der Waals surface area contributed by atoms with E-state index in [-0.39, 0.29) is 16.1 Å². The molecule has 2 heteroatoms. The van der Waals surface area contributed by atoms with Crippen molar-refractivity contribution in [2.75, 3.05) is 4.90 Å². The van der Waals surface area contributed by atoms with Crippen molar-refractivity contribution < 1.29 is 0 Å². The molecule has 0 radical (unpaired) electrons. The molecule has 1 nitrogen and oxygen atoms in total. The van der Waals surface area contributed by atoms with Crippen molar-refractivity contribution in [2.45, 2.75) is 41.7 Å². The van der Waals surface area contributed by atoms with E-state index in [4.69, 9.17) is 0 Å². The number of rotatable bonds is 6.